The minimum absolute atomic E-state index is 0.0752. The number of carbonyl (C=O) groups is 1. The average Bonchev–Trinajstić information content (AvgIpc) is 2.43. The average molecular weight is 271 g/mol. The zero-order chi connectivity index (χ0) is 14.5. The van der Waals surface area contributed by atoms with E-state index < -0.39 is 0 Å². The van der Waals surface area contributed by atoms with Crippen LogP contribution in [0.5, 0.6) is 0 Å². The van der Waals surface area contributed by atoms with Crippen molar-refractivity contribution in [2.75, 3.05) is 11.1 Å². The van der Waals surface area contributed by atoms with Gasteiger partial charge in [-0.1, -0.05) is 13.0 Å². The molecular weight excluding hydrogens is 254 g/mol. The van der Waals surface area contributed by atoms with Gasteiger partial charge < -0.3 is 15.6 Å². The predicted molar refractivity (Wildman–Crippen MR) is 79.8 cm³/mol. The van der Waals surface area contributed by atoms with Crippen LogP contribution in [0.3, 0.4) is 0 Å². The number of hydrogen-bond acceptors (Lipinski definition) is 3. The van der Waals surface area contributed by atoms with Gasteiger partial charge in [0, 0.05) is 30.1 Å². The molecule has 0 saturated heterocycles. The number of nitrogens with two attached hydrogens (primary N) is 1. The van der Waals surface area contributed by atoms with Crippen LogP contribution in [0.15, 0.2) is 47.4 Å². The molecule has 20 heavy (non-hydrogen) atoms. The number of carbonyl (C=O) groups excluding carboxylic acids is 1. The zero-order valence-corrected chi connectivity index (χ0v) is 11.3. The van der Waals surface area contributed by atoms with Crippen molar-refractivity contribution < 1.29 is 4.79 Å². The number of nitrogens with one attached hydrogen (secondary N) is 1. The van der Waals surface area contributed by atoms with Crippen molar-refractivity contribution in [2.24, 2.45) is 0 Å². The van der Waals surface area contributed by atoms with E-state index in [9.17, 15) is 9.59 Å². The third kappa shape index (κ3) is 3.26. The highest BCUT2D eigenvalue weighted by Crippen LogP contribution is 2.10. The molecule has 3 N–H and O–H groups in total. The maximum absolute atomic E-state index is 12.1. The molecule has 1 amide bonds. The highest BCUT2D eigenvalue weighted by atomic mass is 16.1. The molecule has 1 aromatic heterocycles. The van der Waals surface area contributed by atoms with E-state index in [1.807, 2.05) is 6.92 Å². The molecule has 5 nitrogen and oxygen atoms in total. The summed E-state index contributed by atoms with van der Waals surface area (Å²) in [4.78, 5) is 23.7. The van der Waals surface area contributed by atoms with E-state index in [4.69, 9.17) is 5.73 Å². The van der Waals surface area contributed by atoms with Gasteiger partial charge in [-0.15, -0.1) is 0 Å². The first-order valence-electron chi connectivity index (χ1n) is 6.47. The lowest BCUT2D eigenvalue weighted by Gasteiger charge is -2.09. The van der Waals surface area contributed by atoms with Crippen LogP contribution >= 0.6 is 0 Å². The summed E-state index contributed by atoms with van der Waals surface area (Å²) >= 11 is 0. The molecule has 1 heterocycles. The molecule has 0 unspecified atom stereocenters. The van der Waals surface area contributed by atoms with Crippen molar-refractivity contribution in [1.82, 2.24) is 4.57 Å². The second kappa shape index (κ2) is 6.06. The molecule has 0 aliphatic heterocycles. The number of anilines is 2. The van der Waals surface area contributed by atoms with Crippen LogP contribution in [-0.2, 0) is 6.54 Å². The summed E-state index contributed by atoms with van der Waals surface area (Å²) in [7, 11) is 0. The predicted octanol–water partition coefficient (Wildman–Crippen LogP) is 2.09. The van der Waals surface area contributed by atoms with Crippen LogP contribution in [0.4, 0.5) is 11.4 Å². The number of benzene rings is 1. The Labute approximate surface area is 117 Å². The lowest BCUT2D eigenvalue weighted by Crippen LogP contribution is -2.20. The molecule has 0 aliphatic rings. The summed E-state index contributed by atoms with van der Waals surface area (Å²) in [5.41, 5.74) is 7.18. The molecule has 1 aromatic carbocycles. The highest BCUT2D eigenvalue weighted by Gasteiger charge is 2.07. The SMILES string of the molecule is CCCn1cc(NC(=O)c2cccc(N)c2)ccc1=O. The number of nitrogens with zero attached hydrogens (tertiary/aromatic N) is 1. The number of pyridine rings is 1. The maximum atomic E-state index is 12.1. The Morgan fingerprint density at radius 3 is 2.80 bits per heavy atom. The van der Waals surface area contributed by atoms with Crippen LogP contribution in [0.1, 0.15) is 23.7 Å². The number of rotatable bonds is 4. The normalized spacial score (nSPS) is 10.2. The fourth-order valence-corrected chi connectivity index (χ4v) is 1.90. The summed E-state index contributed by atoms with van der Waals surface area (Å²) in [6, 6.07) is 9.79. The summed E-state index contributed by atoms with van der Waals surface area (Å²) in [5, 5.41) is 2.76. The second-order valence-corrected chi connectivity index (χ2v) is 4.53. The lowest BCUT2D eigenvalue weighted by atomic mass is 10.2. The van der Waals surface area contributed by atoms with Gasteiger partial charge in [-0.2, -0.15) is 0 Å². The molecule has 0 aliphatic carbocycles. The summed E-state index contributed by atoms with van der Waals surface area (Å²) in [6.07, 6.45) is 2.50. The Balaban J connectivity index is 2.19. The standard InChI is InChI=1S/C15H17N3O2/c1-2-8-18-10-13(6-7-14(18)19)17-15(20)11-4-3-5-12(16)9-11/h3-7,9-10H,2,8,16H2,1H3,(H,17,20). The molecule has 104 valence electrons. The second-order valence-electron chi connectivity index (χ2n) is 4.53. The highest BCUT2D eigenvalue weighted by molar-refractivity contribution is 6.04. The lowest BCUT2D eigenvalue weighted by molar-refractivity contribution is 0.102. The Morgan fingerprint density at radius 1 is 1.30 bits per heavy atom. The van der Waals surface area contributed by atoms with Gasteiger partial charge in [0.15, 0.2) is 0 Å². The first kappa shape index (κ1) is 13.9. The van der Waals surface area contributed by atoms with Crippen molar-refractivity contribution in [3.05, 3.63) is 58.5 Å². The van der Waals surface area contributed by atoms with Crippen LogP contribution in [0, 0.1) is 0 Å². The third-order valence-corrected chi connectivity index (χ3v) is 2.85. The topological polar surface area (TPSA) is 77.1 Å². The van der Waals surface area contributed by atoms with Gasteiger partial charge in [-0.3, -0.25) is 9.59 Å². The Hall–Kier alpha value is -2.56. The van der Waals surface area contributed by atoms with E-state index in [-0.39, 0.29) is 11.5 Å². The van der Waals surface area contributed by atoms with Gasteiger partial charge in [0.05, 0.1) is 5.69 Å². The number of aryl methyl sites for hydroxylation is 1. The first-order chi connectivity index (χ1) is 9.60. The minimum atomic E-state index is -0.251. The molecule has 5 heteroatoms. The molecule has 2 aromatic rings. The monoisotopic (exact) mass is 271 g/mol. The summed E-state index contributed by atoms with van der Waals surface area (Å²) < 4.78 is 1.58. The largest absolute Gasteiger partial charge is 0.399 e. The number of hydrogen-bond donors (Lipinski definition) is 2. The summed E-state index contributed by atoms with van der Waals surface area (Å²) in [6.45, 7) is 2.62. The van der Waals surface area contributed by atoms with Crippen LogP contribution in [-0.4, -0.2) is 10.5 Å². The van der Waals surface area contributed by atoms with Crippen LogP contribution < -0.4 is 16.6 Å². The van der Waals surface area contributed by atoms with E-state index in [0.717, 1.165) is 6.42 Å². The molecule has 0 radical (unpaired) electrons. The fraction of sp³-hybridized carbons (Fsp3) is 0.200. The van der Waals surface area contributed by atoms with Crippen molar-refractivity contribution >= 4 is 17.3 Å². The van der Waals surface area contributed by atoms with Crippen molar-refractivity contribution in [1.29, 1.82) is 0 Å². The van der Waals surface area contributed by atoms with E-state index in [2.05, 4.69) is 5.32 Å². The molecular formula is C15H17N3O2. The summed E-state index contributed by atoms with van der Waals surface area (Å²) in [5.74, 6) is -0.251. The number of nitrogen functional groups attached to an aromatic ring is 1. The Kier molecular flexibility index (Phi) is 4.20. The van der Waals surface area contributed by atoms with Crippen LogP contribution in [0.2, 0.25) is 0 Å². The van der Waals surface area contributed by atoms with Gasteiger partial charge in [0.25, 0.3) is 11.5 Å². The van der Waals surface area contributed by atoms with E-state index >= 15 is 0 Å². The number of aromatic nitrogens is 1. The van der Waals surface area contributed by atoms with Gasteiger partial charge in [0.2, 0.25) is 0 Å². The van der Waals surface area contributed by atoms with Gasteiger partial charge >= 0.3 is 0 Å². The van der Waals surface area contributed by atoms with Crippen LogP contribution in [0.25, 0.3) is 0 Å². The van der Waals surface area contributed by atoms with E-state index in [1.54, 1.807) is 41.1 Å². The molecule has 2 rings (SSSR count). The molecule has 0 spiro atoms. The third-order valence-electron chi connectivity index (χ3n) is 2.85. The Morgan fingerprint density at radius 2 is 2.10 bits per heavy atom. The van der Waals surface area contributed by atoms with Gasteiger partial charge in [-0.05, 0) is 30.7 Å². The van der Waals surface area contributed by atoms with Crippen molar-refractivity contribution in [2.45, 2.75) is 19.9 Å². The van der Waals surface area contributed by atoms with Crippen molar-refractivity contribution in [3.8, 4) is 0 Å². The minimum Gasteiger partial charge on any atom is -0.399 e. The fourth-order valence-electron chi connectivity index (χ4n) is 1.90. The number of amides is 1. The maximum Gasteiger partial charge on any atom is 0.255 e. The molecule has 0 atom stereocenters. The Bertz CT molecular complexity index is 677. The van der Waals surface area contributed by atoms with E-state index in [0.29, 0.717) is 23.5 Å². The zero-order valence-electron chi connectivity index (χ0n) is 11.3. The van der Waals surface area contributed by atoms with Crippen molar-refractivity contribution in [3.63, 3.8) is 0 Å². The molecule has 0 bridgehead atoms. The van der Waals surface area contributed by atoms with Gasteiger partial charge in [-0.25, -0.2) is 0 Å². The molecule has 0 fully saturated rings. The van der Waals surface area contributed by atoms with Gasteiger partial charge in [0.1, 0.15) is 0 Å². The quantitative estimate of drug-likeness (QED) is 0.836. The van der Waals surface area contributed by atoms with E-state index in [1.165, 1.54) is 6.07 Å². The first-order valence-corrected chi connectivity index (χ1v) is 6.47. The molecule has 0 saturated carbocycles. The smallest absolute Gasteiger partial charge is 0.255 e.